The highest BCUT2D eigenvalue weighted by molar-refractivity contribution is 9.10. The monoisotopic (exact) mass is 268 g/mol. The Hall–Kier alpha value is -0.540. The van der Waals surface area contributed by atoms with Crippen molar-refractivity contribution in [1.29, 1.82) is 0 Å². The normalized spacial score (nSPS) is 21.5. The number of nitrogen functional groups attached to an aromatic ring is 1. The topological polar surface area (TPSA) is 38.0 Å². The predicted molar refractivity (Wildman–Crippen MR) is 67.9 cm³/mol. The van der Waals surface area contributed by atoms with Gasteiger partial charge in [-0.05, 0) is 59.4 Å². The smallest absolute Gasteiger partial charge is 0.0458 e. The van der Waals surface area contributed by atoms with Gasteiger partial charge in [-0.2, -0.15) is 0 Å². The fraction of sp³-hybridized carbons (Fsp3) is 0.500. The van der Waals surface area contributed by atoms with E-state index in [0.29, 0.717) is 6.04 Å². The molecule has 1 aromatic rings. The number of piperidine rings is 1. The van der Waals surface area contributed by atoms with Crippen LogP contribution in [0.1, 0.15) is 24.8 Å². The van der Waals surface area contributed by atoms with Crippen molar-refractivity contribution in [2.75, 3.05) is 12.3 Å². The van der Waals surface area contributed by atoms with Gasteiger partial charge in [0.1, 0.15) is 0 Å². The van der Waals surface area contributed by atoms with Crippen LogP contribution in [0.3, 0.4) is 0 Å². The van der Waals surface area contributed by atoms with E-state index in [0.717, 1.165) is 16.6 Å². The summed E-state index contributed by atoms with van der Waals surface area (Å²) in [5.74, 6) is 0. The summed E-state index contributed by atoms with van der Waals surface area (Å²) in [5.41, 5.74) is 7.93. The standard InChI is InChI=1S/C12H17BrN2/c13-11-8-9(4-5-12(11)14)7-10-3-1-2-6-15-10/h4-5,8,10,15H,1-3,6-7,14H2. The van der Waals surface area contributed by atoms with Crippen molar-refractivity contribution in [3.05, 3.63) is 28.2 Å². The minimum absolute atomic E-state index is 0.647. The maximum Gasteiger partial charge on any atom is 0.0458 e. The molecule has 2 rings (SSSR count). The van der Waals surface area contributed by atoms with E-state index in [-0.39, 0.29) is 0 Å². The van der Waals surface area contributed by atoms with E-state index in [9.17, 15) is 0 Å². The Bertz CT molecular complexity index is 332. The molecule has 1 aromatic carbocycles. The van der Waals surface area contributed by atoms with E-state index in [1.165, 1.54) is 31.4 Å². The average molecular weight is 269 g/mol. The number of anilines is 1. The van der Waals surface area contributed by atoms with Gasteiger partial charge in [0, 0.05) is 16.2 Å². The first kappa shape index (κ1) is 11.0. The predicted octanol–water partition coefficient (Wildman–Crippen LogP) is 2.72. The van der Waals surface area contributed by atoms with Crippen LogP contribution in [0.4, 0.5) is 5.69 Å². The molecule has 0 saturated carbocycles. The van der Waals surface area contributed by atoms with E-state index in [1.54, 1.807) is 0 Å². The number of nitrogens with one attached hydrogen (secondary N) is 1. The molecule has 1 saturated heterocycles. The molecule has 3 heteroatoms. The van der Waals surface area contributed by atoms with Crippen LogP contribution in [0, 0.1) is 0 Å². The number of nitrogens with two attached hydrogens (primary N) is 1. The molecule has 2 nitrogen and oxygen atoms in total. The van der Waals surface area contributed by atoms with Gasteiger partial charge in [-0.15, -0.1) is 0 Å². The van der Waals surface area contributed by atoms with Gasteiger partial charge in [-0.1, -0.05) is 12.5 Å². The molecule has 1 atom stereocenters. The molecule has 0 aliphatic carbocycles. The quantitative estimate of drug-likeness (QED) is 0.810. The van der Waals surface area contributed by atoms with E-state index in [2.05, 4.69) is 33.4 Å². The van der Waals surface area contributed by atoms with Gasteiger partial charge in [-0.3, -0.25) is 0 Å². The maximum atomic E-state index is 5.76. The highest BCUT2D eigenvalue weighted by Crippen LogP contribution is 2.22. The number of benzene rings is 1. The van der Waals surface area contributed by atoms with Crippen molar-refractivity contribution in [2.24, 2.45) is 0 Å². The lowest BCUT2D eigenvalue weighted by atomic mass is 9.98. The largest absolute Gasteiger partial charge is 0.398 e. The number of rotatable bonds is 2. The van der Waals surface area contributed by atoms with Gasteiger partial charge >= 0.3 is 0 Å². The third kappa shape index (κ3) is 2.95. The van der Waals surface area contributed by atoms with Crippen molar-refractivity contribution >= 4 is 21.6 Å². The molecular formula is C12H17BrN2. The van der Waals surface area contributed by atoms with Crippen LogP contribution in [0.2, 0.25) is 0 Å². The van der Waals surface area contributed by atoms with E-state index >= 15 is 0 Å². The Morgan fingerprint density at radius 2 is 2.27 bits per heavy atom. The Labute approximate surface area is 99.4 Å². The second-order valence-electron chi connectivity index (χ2n) is 4.21. The van der Waals surface area contributed by atoms with Crippen LogP contribution >= 0.6 is 15.9 Å². The van der Waals surface area contributed by atoms with Crippen molar-refractivity contribution in [3.63, 3.8) is 0 Å². The third-order valence-electron chi connectivity index (χ3n) is 2.96. The molecule has 3 N–H and O–H groups in total. The van der Waals surface area contributed by atoms with Crippen molar-refractivity contribution in [2.45, 2.75) is 31.7 Å². The van der Waals surface area contributed by atoms with Gasteiger partial charge in [0.2, 0.25) is 0 Å². The minimum Gasteiger partial charge on any atom is -0.398 e. The summed E-state index contributed by atoms with van der Waals surface area (Å²) in [6.45, 7) is 1.17. The van der Waals surface area contributed by atoms with Crippen LogP contribution in [-0.4, -0.2) is 12.6 Å². The summed E-state index contributed by atoms with van der Waals surface area (Å²) in [4.78, 5) is 0. The molecule has 1 fully saturated rings. The van der Waals surface area contributed by atoms with Crippen LogP contribution < -0.4 is 11.1 Å². The minimum atomic E-state index is 0.647. The maximum absolute atomic E-state index is 5.76. The highest BCUT2D eigenvalue weighted by atomic mass is 79.9. The van der Waals surface area contributed by atoms with Crippen LogP contribution in [0.25, 0.3) is 0 Å². The first-order chi connectivity index (χ1) is 7.25. The Kier molecular flexibility index (Phi) is 3.65. The number of halogens is 1. The second-order valence-corrected chi connectivity index (χ2v) is 5.06. The van der Waals surface area contributed by atoms with Crippen molar-refractivity contribution in [1.82, 2.24) is 5.32 Å². The van der Waals surface area contributed by atoms with Crippen molar-refractivity contribution < 1.29 is 0 Å². The fourth-order valence-electron chi connectivity index (χ4n) is 2.08. The number of hydrogen-bond acceptors (Lipinski definition) is 2. The molecule has 1 unspecified atom stereocenters. The molecule has 82 valence electrons. The summed E-state index contributed by atoms with van der Waals surface area (Å²) in [7, 11) is 0. The second kappa shape index (κ2) is 4.99. The average Bonchev–Trinajstić information content (AvgIpc) is 2.25. The molecule has 1 aliphatic rings. The fourth-order valence-corrected chi connectivity index (χ4v) is 2.51. The molecule has 1 aliphatic heterocycles. The zero-order valence-corrected chi connectivity index (χ0v) is 10.4. The molecule has 15 heavy (non-hydrogen) atoms. The summed E-state index contributed by atoms with van der Waals surface area (Å²) >= 11 is 3.47. The number of hydrogen-bond donors (Lipinski definition) is 2. The Morgan fingerprint density at radius 1 is 1.40 bits per heavy atom. The SMILES string of the molecule is Nc1ccc(CC2CCCCN2)cc1Br. The van der Waals surface area contributed by atoms with Gasteiger partial charge in [-0.25, -0.2) is 0 Å². The molecule has 1 heterocycles. The van der Waals surface area contributed by atoms with Crippen LogP contribution in [-0.2, 0) is 6.42 Å². The van der Waals surface area contributed by atoms with Gasteiger partial charge < -0.3 is 11.1 Å². The van der Waals surface area contributed by atoms with Gasteiger partial charge in [0.05, 0.1) is 0 Å². The molecule has 0 spiro atoms. The van der Waals surface area contributed by atoms with E-state index in [4.69, 9.17) is 5.73 Å². The van der Waals surface area contributed by atoms with Gasteiger partial charge in [0.25, 0.3) is 0 Å². The summed E-state index contributed by atoms with van der Waals surface area (Å²) in [6, 6.07) is 6.87. The van der Waals surface area contributed by atoms with E-state index < -0.39 is 0 Å². The summed E-state index contributed by atoms with van der Waals surface area (Å²) < 4.78 is 1.01. The zero-order chi connectivity index (χ0) is 10.7. The zero-order valence-electron chi connectivity index (χ0n) is 8.80. The lowest BCUT2D eigenvalue weighted by Crippen LogP contribution is -2.35. The molecule has 0 amide bonds. The first-order valence-electron chi connectivity index (χ1n) is 5.53. The molecule has 0 aromatic heterocycles. The highest BCUT2D eigenvalue weighted by Gasteiger charge is 2.13. The van der Waals surface area contributed by atoms with Gasteiger partial charge in [0.15, 0.2) is 0 Å². The van der Waals surface area contributed by atoms with Crippen molar-refractivity contribution in [3.8, 4) is 0 Å². The Balaban J connectivity index is 2.00. The Morgan fingerprint density at radius 3 is 2.93 bits per heavy atom. The third-order valence-corrected chi connectivity index (χ3v) is 3.65. The first-order valence-corrected chi connectivity index (χ1v) is 6.32. The lowest BCUT2D eigenvalue weighted by Gasteiger charge is -2.23. The van der Waals surface area contributed by atoms with E-state index in [1.807, 2.05) is 6.07 Å². The lowest BCUT2D eigenvalue weighted by molar-refractivity contribution is 0.399. The summed E-state index contributed by atoms with van der Waals surface area (Å²) in [6.07, 6.45) is 5.08. The van der Waals surface area contributed by atoms with Crippen LogP contribution in [0.5, 0.6) is 0 Å². The van der Waals surface area contributed by atoms with Crippen LogP contribution in [0.15, 0.2) is 22.7 Å². The summed E-state index contributed by atoms with van der Waals surface area (Å²) in [5, 5.41) is 3.56. The molecule has 0 bridgehead atoms. The molecular weight excluding hydrogens is 252 g/mol. The molecule has 0 radical (unpaired) electrons.